The summed E-state index contributed by atoms with van der Waals surface area (Å²) in [4.78, 5) is 15.2. The van der Waals surface area contributed by atoms with Gasteiger partial charge in [0.15, 0.2) is 5.76 Å². The predicted molar refractivity (Wildman–Crippen MR) is 110 cm³/mol. The lowest BCUT2D eigenvalue weighted by Crippen LogP contribution is -2.37. The zero-order chi connectivity index (χ0) is 20.8. The number of benzene rings is 2. The van der Waals surface area contributed by atoms with Crippen molar-refractivity contribution in [1.82, 2.24) is 4.90 Å². The highest BCUT2D eigenvalue weighted by Gasteiger charge is 2.36. The Balaban J connectivity index is 1.48. The lowest BCUT2D eigenvalue weighted by Gasteiger charge is -2.31. The van der Waals surface area contributed by atoms with Crippen LogP contribution in [0.4, 0.5) is 4.39 Å². The molecule has 3 aliphatic rings. The fourth-order valence-electron chi connectivity index (χ4n) is 4.25. The van der Waals surface area contributed by atoms with Crippen LogP contribution in [0.5, 0.6) is 11.5 Å². The van der Waals surface area contributed by atoms with Gasteiger partial charge in [-0.25, -0.2) is 4.39 Å². The summed E-state index contributed by atoms with van der Waals surface area (Å²) in [5.41, 5.74) is 2.23. The second-order valence-electron chi connectivity index (χ2n) is 7.87. The van der Waals surface area contributed by atoms with E-state index in [4.69, 9.17) is 25.8 Å². The van der Waals surface area contributed by atoms with Gasteiger partial charge in [-0.2, -0.15) is 0 Å². The van der Waals surface area contributed by atoms with Crippen molar-refractivity contribution in [3.05, 3.63) is 63.1 Å². The Morgan fingerprint density at radius 2 is 2.23 bits per heavy atom. The number of rotatable bonds is 3. The minimum Gasteiger partial charge on any atom is -0.478 e. The van der Waals surface area contributed by atoms with Crippen molar-refractivity contribution in [3.63, 3.8) is 0 Å². The summed E-state index contributed by atoms with van der Waals surface area (Å²) in [6.45, 7) is 4.48. The van der Waals surface area contributed by atoms with Gasteiger partial charge in [0.2, 0.25) is 5.78 Å². The van der Waals surface area contributed by atoms with Crippen LogP contribution in [-0.4, -0.2) is 36.7 Å². The van der Waals surface area contributed by atoms with Crippen molar-refractivity contribution >= 4 is 23.5 Å². The highest BCUT2D eigenvalue weighted by molar-refractivity contribution is 6.32. The van der Waals surface area contributed by atoms with Gasteiger partial charge in [-0.15, -0.1) is 0 Å². The molecule has 1 unspecified atom stereocenters. The first-order valence-electron chi connectivity index (χ1n) is 10.0. The smallest absolute Gasteiger partial charge is 0.232 e. The monoisotopic (exact) mass is 429 g/mol. The number of Topliss-reactive ketones (excluding diaryl/α,β-unsaturated/α-hetero) is 1. The third-order valence-electron chi connectivity index (χ3n) is 5.75. The van der Waals surface area contributed by atoms with Gasteiger partial charge in [0.05, 0.1) is 22.3 Å². The number of aryl methyl sites for hydroxylation is 1. The first-order chi connectivity index (χ1) is 14.5. The summed E-state index contributed by atoms with van der Waals surface area (Å²) in [6, 6.07) is 6.27. The normalized spacial score (nSPS) is 22.0. The van der Waals surface area contributed by atoms with Gasteiger partial charge in [-0.3, -0.25) is 9.69 Å². The number of carbonyl (C=O) groups is 1. The average Bonchev–Trinajstić information content (AvgIpc) is 3.34. The number of carbonyl (C=O) groups excluding carboxylic acids is 1. The Morgan fingerprint density at radius 1 is 1.37 bits per heavy atom. The number of hydrogen-bond donors (Lipinski definition) is 0. The molecule has 0 bridgehead atoms. The number of nitrogens with zero attached hydrogens (tertiary/aromatic N) is 1. The van der Waals surface area contributed by atoms with Crippen molar-refractivity contribution in [2.45, 2.75) is 32.4 Å². The van der Waals surface area contributed by atoms with Gasteiger partial charge < -0.3 is 14.2 Å². The molecule has 3 aliphatic heterocycles. The molecule has 2 aromatic rings. The van der Waals surface area contributed by atoms with Crippen molar-refractivity contribution in [3.8, 4) is 11.5 Å². The quantitative estimate of drug-likeness (QED) is 0.660. The Morgan fingerprint density at radius 3 is 3.00 bits per heavy atom. The number of hydrogen-bond acceptors (Lipinski definition) is 5. The van der Waals surface area contributed by atoms with E-state index in [1.54, 1.807) is 6.07 Å². The Labute approximate surface area is 179 Å². The fraction of sp³-hybridized carbons (Fsp3) is 0.348. The molecule has 0 aromatic heterocycles. The first kappa shape index (κ1) is 19.5. The van der Waals surface area contributed by atoms with E-state index in [-0.39, 0.29) is 28.2 Å². The number of halogens is 2. The zero-order valence-corrected chi connectivity index (χ0v) is 17.3. The zero-order valence-electron chi connectivity index (χ0n) is 16.5. The van der Waals surface area contributed by atoms with Gasteiger partial charge in [0.25, 0.3) is 0 Å². The number of ether oxygens (including phenoxy) is 3. The van der Waals surface area contributed by atoms with Crippen LogP contribution in [0, 0.1) is 12.7 Å². The van der Waals surface area contributed by atoms with E-state index in [0.717, 1.165) is 37.1 Å². The van der Waals surface area contributed by atoms with E-state index in [9.17, 15) is 9.18 Å². The minimum absolute atomic E-state index is 0.0600. The molecule has 1 saturated heterocycles. The van der Waals surface area contributed by atoms with E-state index in [2.05, 4.69) is 4.90 Å². The fourth-order valence-corrected chi connectivity index (χ4v) is 4.47. The van der Waals surface area contributed by atoms with Crippen LogP contribution in [0.25, 0.3) is 6.08 Å². The first-order valence-corrected chi connectivity index (χ1v) is 10.4. The third kappa shape index (κ3) is 3.39. The highest BCUT2D eigenvalue weighted by atomic mass is 35.5. The van der Waals surface area contributed by atoms with Gasteiger partial charge in [0.1, 0.15) is 24.0 Å². The second-order valence-corrected chi connectivity index (χ2v) is 8.28. The number of ketones is 1. The summed E-state index contributed by atoms with van der Waals surface area (Å²) >= 11 is 6.12. The summed E-state index contributed by atoms with van der Waals surface area (Å²) in [5.74, 6) is 0.483. The van der Waals surface area contributed by atoms with E-state index in [1.165, 1.54) is 18.2 Å². The second kappa shape index (κ2) is 7.69. The molecule has 3 heterocycles. The maximum Gasteiger partial charge on any atom is 0.232 e. The predicted octanol–water partition coefficient (Wildman–Crippen LogP) is 4.73. The molecular formula is C23H21ClFNO4. The molecule has 156 valence electrons. The van der Waals surface area contributed by atoms with Crippen LogP contribution >= 0.6 is 11.6 Å². The Hall–Kier alpha value is -2.41. The van der Waals surface area contributed by atoms with Crippen molar-refractivity contribution in [2.75, 3.05) is 19.9 Å². The van der Waals surface area contributed by atoms with Gasteiger partial charge in [0, 0.05) is 25.3 Å². The van der Waals surface area contributed by atoms with Gasteiger partial charge in [-0.1, -0.05) is 17.7 Å². The van der Waals surface area contributed by atoms with Crippen LogP contribution in [0.15, 0.2) is 30.0 Å². The van der Waals surface area contributed by atoms with E-state index in [0.29, 0.717) is 30.3 Å². The van der Waals surface area contributed by atoms with E-state index >= 15 is 0 Å². The Bertz CT molecular complexity index is 1040. The minimum atomic E-state index is -0.507. The average molecular weight is 430 g/mol. The van der Waals surface area contributed by atoms with Crippen LogP contribution < -0.4 is 9.47 Å². The van der Waals surface area contributed by atoms with Crippen LogP contribution in [0.3, 0.4) is 0 Å². The van der Waals surface area contributed by atoms with Crippen LogP contribution in [0.1, 0.15) is 39.9 Å². The van der Waals surface area contributed by atoms with Crippen molar-refractivity contribution in [1.29, 1.82) is 0 Å². The van der Waals surface area contributed by atoms with E-state index in [1.807, 2.05) is 13.0 Å². The molecule has 5 nitrogen and oxygen atoms in total. The standard InChI is InChI=1S/C23H21ClFNO4/c1-13-8-19-16(11-26(12-29-19)10-14-4-3-7-28-14)23-21(13)22(27)20(30-23)9-15-17(24)5-2-6-18(15)25/h2,5-6,8-9,14H,3-4,7,10-12H2,1H3/b20-9-. The molecule has 2 aromatic carbocycles. The molecule has 0 N–H and O–H groups in total. The molecule has 5 rings (SSSR count). The topological polar surface area (TPSA) is 48.0 Å². The number of allylic oxidation sites excluding steroid dienone is 1. The van der Waals surface area contributed by atoms with Crippen LogP contribution in [0.2, 0.25) is 5.02 Å². The molecule has 30 heavy (non-hydrogen) atoms. The lowest BCUT2D eigenvalue weighted by atomic mass is 9.98. The lowest BCUT2D eigenvalue weighted by molar-refractivity contribution is 0.0273. The maximum absolute atomic E-state index is 14.2. The molecule has 0 aliphatic carbocycles. The summed E-state index contributed by atoms with van der Waals surface area (Å²) in [5, 5.41) is 0.222. The van der Waals surface area contributed by atoms with Crippen LogP contribution in [-0.2, 0) is 11.3 Å². The van der Waals surface area contributed by atoms with Gasteiger partial charge >= 0.3 is 0 Å². The van der Waals surface area contributed by atoms with Crippen molar-refractivity contribution < 1.29 is 23.4 Å². The summed E-state index contributed by atoms with van der Waals surface area (Å²) in [6.07, 6.45) is 3.70. The highest BCUT2D eigenvalue weighted by Crippen LogP contribution is 2.44. The largest absolute Gasteiger partial charge is 0.478 e. The number of fused-ring (bicyclic) bond motifs is 3. The molecule has 0 spiro atoms. The summed E-state index contributed by atoms with van der Waals surface area (Å²) < 4.78 is 31.9. The molecular weight excluding hydrogens is 409 g/mol. The summed E-state index contributed by atoms with van der Waals surface area (Å²) in [7, 11) is 0. The maximum atomic E-state index is 14.2. The molecule has 0 saturated carbocycles. The Kier molecular flexibility index (Phi) is 5.01. The molecule has 1 atom stereocenters. The molecule has 7 heteroatoms. The van der Waals surface area contributed by atoms with E-state index < -0.39 is 5.82 Å². The van der Waals surface area contributed by atoms with Crippen molar-refractivity contribution in [2.24, 2.45) is 0 Å². The molecule has 1 fully saturated rings. The molecule has 0 amide bonds. The third-order valence-corrected chi connectivity index (χ3v) is 6.08. The van der Waals surface area contributed by atoms with Gasteiger partial charge in [-0.05, 0) is 49.6 Å². The SMILES string of the molecule is Cc1cc2c(c3c1C(=O)/C(=C/c1c(F)cccc1Cl)O3)CN(CC1CCCO1)CO2. The molecule has 0 radical (unpaired) electrons.